The molecule has 1 aliphatic heterocycles. The number of anilines is 2. The lowest BCUT2D eigenvalue weighted by molar-refractivity contribution is 0.328. The zero-order valence-corrected chi connectivity index (χ0v) is 20.1. The van der Waals surface area contributed by atoms with Gasteiger partial charge in [-0.05, 0) is 37.5 Å². The van der Waals surface area contributed by atoms with E-state index in [2.05, 4.69) is 46.6 Å². The predicted octanol–water partition coefficient (Wildman–Crippen LogP) is 3.66. The third-order valence-electron chi connectivity index (χ3n) is 5.35. The predicted molar refractivity (Wildman–Crippen MR) is 132 cm³/mol. The van der Waals surface area contributed by atoms with Crippen LogP contribution in [0.2, 0.25) is 0 Å². The van der Waals surface area contributed by atoms with Gasteiger partial charge in [-0.1, -0.05) is 26.8 Å². The van der Waals surface area contributed by atoms with Gasteiger partial charge in [-0.2, -0.15) is 0 Å². The van der Waals surface area contributed by atoms with Crippen molar-refractivity contribution in [3.05, 3.63) is 47.4 Å². The highest BCUT2D eigenvalue weighted by Crippen LogP contribution is 2.39. The Morgan fingerprint density at radius 1 is 1.24 bits per heavy atom. The molecule has 0 aliphatic carbocycles. The number of fused-ring (bicyclic) bond motifs is 1. The topological polar surface area (TPSA) is 115 Å². The van der Waals surface area contributed by atoms with Gasteiger partial charge in [-0.25, -0.2) is 9.98 Å². The van der Waals surface area contributed by atoms with Gasteiger partial charge < -0.3 is 19.9 Å². The summed E-state index contributed by atoms with van der Waals surface area (Å²) in [4.78, 5) is 9.41. The Kier molecular flexibility index (Phi) is 5.84. The van der Waals surface area contributed by atoms with E-state index in [-0.39, 0.29) is 5.41 Å². The second-order valence-electron chi connectivity index (χ2n) is 9.55. The molecular weight excluding hydrogens is 416 g/mol. The molecule has 1 aromatic carbocycles. The molecule has 4 N–H and O–H groups in total. The molecule has 0 fully saturated rings. The summed E-state index contributed by atoms with van der Waals surface area (Å²) in [7, 11) is 1.90. The van der Waals surface area contributed by atoms with E-state index >= 15 is 0 Å². The van der Waals surface area contributed by atoms with E-state index in [0.29, 0.717) is 12.4 Å². The van der Waals surface area contributed by atoms with Crippen LogP contribution in [0.15, 0.2) is 35.6 Å². The van der Waals surface area contributed by atoms with Gasteiger partial charge in [0.05, 0.1) is 17.9 Å². The molecule has 2 aromatic heterocycles. The molecule has 0 saturated carbocycles. The fourth-order valence-electron chi connectivity index (χ4n) is 3.74. The van der Waals surface area contributed by atoms with Crippen LogP contribution in [-0.4, -0.2) is 39.1 Å². The minimum atomic E-state index is -1.22. The van der Waals surface area contributed by atoms with Gasteiger partial charge >= 0.3 is 0 Å². The summed E-state index contributed by atoms with van der Waals surface area (Å²) in [5.74, 6) is 0.921. The molecule has 0 amide bonds. The van der Waals surface area contributed by atoms with Crippen LogP contribution in [-0.2, 0) is 12.8 Å². The number of ether oxygens (including phenoxy) is 1. The zero-order chi connectivity index (χ0) is 23.8. The first-order chi connectivity index (χ1) is 15.6. The van der Waals surface area contributed by atoms with Crippen molar-refractivity contribution < 1.29 is 4.74 Å². The van der Waals surface area contributed by atoms with Crippen molar-refractivity contribution >= 4 is 17.7 Å². The maximum absolute atomic E-state index is 6.84. The molecule has 9 nitrogen and oxygen atoms in total. The van der Waals surface area contributed by atoms with Gasteiger partial charge in [0.15, 0.2) is 11.6 Å². The molecule has 1 unspecified atom stereocenters. The van der Waals surface area contributed by atoms with Crippen LogP contribution < -0.4 is 21.1 Å². The maximum Gasteiger partial charge on any atom is 0.212 e. The van der Waals surface area contributed by atoms with Crippen molar-refractivity contribution in [2.24, 2.45) is 23.2 Å². The standard InChI is InChI=1S/C24H32N8O/c1-7-33-19-11-16(22-31-28-14-32(22)6)8-9-18(19)24(25)27-12-17-10-15(2)29-21(20(17)30-24)26-13-23(3,4)5/h8-12,14,30H,7,13,25H2,1-6H3,(H,26,29). The first-order valence-corrected chi connectivity index (χ1v) is 11.1. The molecular formula is C24H32N8O. The van der Waals surface area contributed by atoms with Gasteiger partial charge in [0.2, 0.25) is 5.79 Å². The normalized spacial score (nSPS) is 17.4. The first-order valence-electron chi connectivity index (χ1n) is 11.1. The maximum atomic E-state index is 6.84. The summed E-state index contributed by atoms with van der Waals surface area (Å²) in [6.07, 6.45) is 3.47. The van der Waals surface area contributed by atoms with Gasteiger partial charge in [-0.15, -0.1) is 10.2 Å². The monoisotopic (exact) mass is 448 g/mol. The van der Waals surface area contributed by atoms with Gasteiger partial charge in [-0.3, -0.25) is 5.73 Å². The molecule has 174 valence electrons. The number of pyridine rings is 1. The summed E-state index contributed by atoms with van der Waals surface area (Å²) in [6.45, 7) is 11.7. The minimum Gasteiger partial charge on any atom is -0.493 e. The highest BCUT2D eigenvalue weighted by molar-refractivity contribution is 5.94. The second kappa shape index (κ2) is 8.47. The van der Waals surface area contributed by atoms with Gasteiger partial charge in [0.25, 0.3) is 0 Å². The third kappa shape index (κ3) is 4.68. The smallest absolute Gasteiger partial charge is 0.212 e. The number of aliphatic imine (C=N–C) groups is 1. The molecule has 33 heavy (non-hydrogen) atoms. The van der Waals surface area contributed by atoms with Crippen LogP contribution >= 0.6 is 0 Å². The molecule has 9 heteroatoms. The van der Waals surface area contributed by atoms with Crippen molar-refractivity contribution in [2.45, 2.75) is 40.4 Å². The van der Waals surface area contributed by atoms with Crippen molar-refractivity contribution in [1.82, 2.24) is 19.7 Å². The van der Waals surface area contributed by atoms with Crippen molar-refractivity contribution in [3.8, 4) is 17.1 Å². The number of benzene rings is 1. The Bertz CT molecular complexity index is 1190. The van der Waals surface area contributed by atoms with E-state index in [1.54, 1.807) is 12.5 Å². The number of nitrogens with two attached hydrogens (primary N) is 1. The zero-order valence-electron chi connectivity index (χ0n) is 20.1. The fraction of sp³-hybridized carbons (Fsp3) is 0.417. The van der Waals surface area contributed by atoms with E-state index in [4.69, 9.17) is 15.5 Å². The van der Waals surface area contributed by atoms with Crippen molar-refractivity contribution in [1.29, 1.82) is 0 Å². The molecule has 3 aromatic rings. The fourth-order valence-corrected chi connectivity index (χ4v) is 3.74. The van der Waals surface area contributed by atoms with Crippen LogP contribution in [0.5, 0.6) is 5.75 Å². The van der Waals surface area contributed by atoms with Crippen LogP contribution in [0, 0.1) is 12.3 Å². The Morgan fingerprint density at radius 3 is 2.70 bits per heavy atom. The van der Waals surface area contributed by atoms with E-state index in [9.17, 15) is 0 Å². The molecule has 4 rings (SSSR count). The Labute approximate surface area is 194 Å². The van der Waals surface area contributed by atoms with Gasteiger partial charge in [0.1, 0.15) is 12.1 Å². The first kappa shape index (κ1) is 22.7. The Balaban J connectivity index is 1.74. The molecule has 0 saturated heterocycles. The number of nitrogens with one attached hydrogen (secondary N) is 2. The van der Waals surface area contributed by atoms with E-state index < -0.39 is 5.79 Å². The Hall–Kier alpha value is -3.46. The minimum absolute atomic E-state index is 0.0959. The SMILES string of the molecule is CCOc1cc(-c2nncn2C)ccc1C1(N)N=Cc2cc(C)nc(NCC(C)(C)C)c2N1. The molecule has 1 atom stereocenters. The largest absolute Gasteiger partial charge is 0.493 e. The summed E-state index contributed by atoms with van der Waals surface area (Å²) in [6, 6.07) is 7.80. The number of nitrogens with zero attached hydrogens (tertiary/aromatic N) is 5. The summed E-state index contributed by atoms with van der Waals surface area (Å²) < 4.78 is 7.84. The molecule has 0 bridgehead atoms. The van der Waals surface area contributed by atoms with Crippen LogP contribution in [0.1, 0.15) is 44.5 Å². The Morgan fingerprint density at radius 2 is 2.03 bits per heavy atom. The van der Waals surface area contributed by atoms with Crippen LogP contribution in [0.4, 0.5) is 11.5 Å². The van der Waals surface area contributed by atoms with E-state index in [1.807, 2.05) is 49.7 Å². The molecule has 1 aliphatic rings. The average Bonchev–Trinajstić information content (AvgIpc) is 3.18. The van der Waals surface area contributed by atoms with Crippen molar-refractivity contribution in [3.63, 3.8) is 0 Å². The number of aryl methyl sites for hydroxylation is 2. The quantitative estimate of drug-likeness (QED) is 0.527. The number of aromatic nitrogens is 4. The number of rotatable bonds is 6. The molecule has 3 heterocycles. The summed E-state index contributed by atoms with van der Waals surface area (Å²) in [5.41, 5.74) is 11.2. The lowest BCUT2D eigenvalue weighted by Gasteiger charge is -2.34. The third-order valence-corrected chi connectivity index (χ3v) is 5.35. The van der Waals surface area contributed by atoms with E-state index in [1.165, 1.54) is 0 Å². The number of hydrogen-bond acceptors (Lipinski definition) is 8. The molecule has 0 spiro atoms. The lowest BCUT2D eigenvalue weighted by atomic mass is 9.97. The highest BCUT2D eigenvalue weighted by atomic mass is 16.5. The summed E-state index contributed by atoms with van der Waals surface area (Å²) in [5, 5.41) is 15.1. The lowest BCUT2D eigenvalue weighted by Crippen LogP contribution is -2.45. The molecule has 0 radical (unpaired) electrons. The number of hydrogen-bond donors (Lipinski definition) is 3. The van der Waals surface area contributed by atoms with E-state index in [0.717, 1.165) is 46.3 Å². The highest BCUT2D eigenvalue weighted by Gasteiger charge is 2.34. The van der Waals surface area contributed by atoms with Crippen LogP contribution in [0.3, 0.4) is 0 Å². The second-order valence-corrected chi connectivity index (χ2v) is 9.55. The van der Waals surface area contributed by atoms with Crippen molar-refractivity contribution in [2.75, 3.05) is 23.8 Å². The van der Waals surface area contributed by atoms with Crippen LogP contribution in [0.25, 0.3) is 11.4 Å². The average molecular weight is 449 g/mol. The summed E-state index contributed by atoms with van der Waals surface area (Å²) >= 11 is 0. The van der Waals surface area contributed by atoms with Gasteiger partial charge in [0, 0.05) is 36.6 Å².